The number of amides is 2. The number of benzene rings is 1. The first-order valence-corrected chi connectivity index (χ1v) is 14.7. The van der Waals surface area contributed by atoms with Gasteiger partial charge in [0.05, 0.1) is 5.57 Å². The fraction of sp³-hybridized carbons (Fsp3) is 0.400. The van der Waals surface area contributed by atoms with Gasteiger partial charge >= 0.3 is 0 Å². The molecule has 4 N–H and O–H groups in total. The van der Waals surface area contributed by atoms with Crippen LogP contribution in [0.1, 0.15) is 52.1 Å². The normalized spacial score (nSPS) is 18.2. The highest BCUT2D eigenvalue weighted by molar-refractivity contribution is 9.11. The molecule has 0 saturated carbocycles. The number of nitrogens with one attached hydrogen (secondary N) is 1. The van der Waals surface area contributed by atoms with Gasteiger partial charge in [0.2, 0.25) is 5.91 Å². The van der Waals surface area contributed by atoms with Gasteiger partial charge in [-0.25, -0.2) is 9.50 Å². The van der Waals surface area contributed by atoms with Crippen LogP contribution in [0.2, 0.25) is 0 Å². The molecule has 1 saturated heterocycles. The van der Waals surface area contributed by atoms with Crippen molar-refractivity contribution in [2.24, 2.45) is 5.92 Å². The summed E-state index contributed by atoms with van der Waals surface area (Å²) in [6.45, 7) is 9.31. The van der Waals surface area contributed by atoms with Gasteiger partial charge in [-0.15, -0.1) is 0 Å². The monoisotopic (exact) mass is 621 g/mol. The lowest BCUT2D eigenvalue weighted by atomic mass is 9.92. The van der Waals surface area contributed by atoms with Gasteiger partial charge in [-0.1, -0.05) is 41.9 Å². The number of hydrogen-bond donors (Lipinski definition) is 3. The van der Waals surface area contributed by atoms with Crippen molar-refractivity contribution >= 4 is 44.8 Å². The molecule has 2 amide bonds. The summed E-state index contributed by atoms with van der Waals surface area (Å²) in [6.07, 6.45) is 5.58. The van der Waals surface area contributed by atoms with E-state index in [4.69, 9.17) is 5.73 Å². The zero-order chi connectivity index (χ0) is 29.4. The van der Waals surface area contributed by atoms with Crippen LogP contribution in [0.3, 0.4) is 0 Å². The molecular formula is C30H36BrN7O3. The number of anilines is 2. The minimum Gasteiger partial charge on any atom is -0.383 e. The number of aliphatic hydroxyl groups is 1. The van der Waals surface area contributed by atoms with Crippen LogP contribution in [0, 0.1) is 5.92 Å². The van der Waals surface area contributed by atoms with Gasteiger partial charge in [0.15, 0.2) is 5.82 Å². The highest BCUT2D eigenvalue weighted by Gasteiger charge is 2.29. The van der Waals surface area contributed by atoms with Crippen molar-refractivity contribution in [2.45, 2.75) is 58.6 Å². The van der Waals surface area contributed by atoms with Crippen molar-refractivity contribution in [2.75, 3.05) is 24.1 Å². The molecule has 1 aromatic carbocycles. The quantitative estimate of drug-likeness (QED) is 0.370. The summed E-state index contributed by atoms with van der Waals surface area (Å²) >= 11 is 3.37. The average molecular weight is 623 g/mol. The first-order chi connectivity index (χ1) is 19.5. The Morgan fingerprint density at radius 1 is 1.10 bits per heavy atom. The van der Waals surface area contributed by atoms with E-state index in [0.717, 1.165) is 35.2 Å². The van der Waals surface area contributed by atoms with Crippen molar-refractivity contribution in [1.29, 1.82) is 0 Å². The summed E-state index contributed by atoms with van der Waals surface area (Å²) in [7, 11) is 0. The van der Waals surface area contributed by atoms with Gasteiger partial charge in [-0.3, -0.25) is 9.59 Å². The smallest absolute Gasteiger partial charge is 0.256 e. The first-order valence-electron chi connectivity index (χ1n) is 13.9. The zero-order valence-electron chi connectivity index (χ0n) is 23.7. The summed E-state index contributed by atoms with van der Waals surface area (Å²) in [6, 6.07) is 9.75. The second-order valence-electron chi connectivity index (χ2n) is 11.2. The molecule has 3 aromatic rings. The number of halogens is 1. The van der Waals surface area contributed by atoms with E-state index in [2.05, 4.69) is 37.4 Å². The largest absolute Gasteiger partial charge is 0.383 e. The Balaban J connectivity index is 1.38. The zero-order valence-corrected chi connectivity index (χ0v) is 25.3. The second kappa shape index (κ2) is 11.7. The van der Waals surface area contributed by atoms with E-state index in [1.807, 2.05) is 66.3 Å². The van der Waals surface area contributed by atoms with E-state index in [0.29, 0.717) is 29.1 Å². The Labute approximate surface area is 248 Å². The summed E-state index contributed by atoms with van der Waals surface area (Å²) in [4.78, 5) is 33.6. The highest BCUT2D eigenvalue weighted by atomic mass is 79.9. The molecule has 2 aliphatic rings. The van der Waals surface area contributed by atoms with Crippen molar-refractivity contribution in [3.05, 3.63) is 64.8 Å². The van der Waals surface area contributed by atoms with Crippen LogP contribution in [-0.4, -0.2) is 66.6 Å². The minimum atomic E-state index is -1.03. The predicted molar refractivity (Wildman–Crippen MR) is 163 cm³/mol. The molecule has 11 heteroatoms. The van der Waals surface area contributed by atoms with E-state index >= 15 is 0 Å². The van der Waals surface area contributed by atoms with Crippen LogP contribution < -0.4 is 11.1 Å². The fourth-order valence-corrected chi connectivity index (χ4v) is 5.89. The number of aliphatic hydroxyl groups excluding tert-OH is 1. The number of nitrogens with two attached hydrogens (primary N) is 1. The van der Waals surface area contributed by atoms with Crippen LogP contribution in [0.25, 0.3) is 16.6 Å². The molecule has 4 heterocycles. The number of likely N-dealkylation sites (tertiary alicyclic amines) is 1. The minimum absolute atomic E-state index is 0.00882. The lowest BCUT2D eigenvalue weighted by Crippen LogP contribution is -2.40. The van der Waals surface area contributed by atoms with Crippen LogP contribution in [0.5, 0.6) is 0 Å². The Morgan fingerprint density at radius 3 is 2.41 bits per heavy atom. The van der Waals surface area contributed by atoms with Crippen molar-refractivity contribution in [3.8, 4) is 11.1 Å². The maximum atomic E-state index is 13.1. The summed E-state index contributed by atoms with van der Waals surface area (Å²) < 4.78 is 2.41. The number of rotatable bonds is 6. The Morgan fingerprint density at radius 2 is 1.78 bits per heavy atom. The molecule has 0 bridgehead atoms. The number of nitrogens with zero attached hydrogens (tertiary/aromatic N) is 5. The number of nitrogen functional groups attached to an aromatic ring is 1. The van der Waals surface area contributed by atoms with E-state index in [1.165, 1.54) is 6.33 Å². The van der Waals surface area contributed by atoms with Crippen LogP contribution in [0.15, 0.2) is 59.1 Å². The third-order valence-corrected chi connectivity index (χ3v) is 8.40. The van der Waals surface area contributed by atoms with Crippen molar-refractivity contribution in [1.82, 2.24) is 24.4 Å². The molecule has 0 radical (unpaired) electrons. The highest BCUT2D eigenvalue weighted by Crippen LogP contribution is 2.37. The summed E-state index contributed by atoms with van der Waals surface area (Å²) in [5.74, 6) is 0.424. The van der Waals surface area contributed by atoms with E-state index in [-0.39, 0.29) is 35.3 Å². The van der Waals surface area contributed by atoms with Crippen LogP contribution >= 0.6 is 15.9 Å². The molecule has 1 fully saturated rings. The van der Waals surface area contributed by atoms with Gasteiger partial charge in [-0.05, 0) is 50.5 Å². The van der Waals surface area contributed by atoms with Crippen molar-refractivity contribution < 1.29 is 14.7 Å². The molecule has 5 rings (SSSR count). The molecule has 2 aliphatic heterocycles. The lowest BCUT2D eigenvalue weighted by Gasteiger charge is -2.33. The molecule has 1 atom stereocenters. The van der Waals surface area contributed by atoms with Gasteiger partial charge in [0.1, 0.15) is 17.9 Å². The topological polar surface area (TPSA) is 129 Å². The van der Waals surface area contributed by atoms with Gasteiger partial charge in [-0.2, -0.15) is 5.10 Å². The number of hydrogen-bond acceptors (Lipinski definition) is 7. The molecule has 216 valence electrons. The third kappa shape index (κ3) is 5.73. The standard InChI is InChI=1S/C30H36BrN7O3/c1-17(2)30(41)36-11-9-20(10-12-36)25-13-22(26-28(32)33-16-34-38(25)26)19-5-7-21(8-6-19)35-29(40)23-14-37(18(3)4)15-24(31)27(23)39/h5-8,13-18,20,27,39H,9-12H2,1-4H3,(H,35,40)(H2,32,33,34). The molecule has 1 unspecified atom stereocenters. The van der Waals surface area contributed by atoms with Gasteiger partial charge in [0, 0.05) is 64.8 Å². The third-order valence-electron chi connectivity index (χ3n) is 7.76. The second-order valence-corrected chi connectivity index (χ2v) is 12.1. The predicted octanol–water partition coefficient (Wildman–Crippen LogP) is 4.48. The fourth-order valence-electron chi connectivity index (χ4n) is 5.41. The Kier molecular flexibility index (Phi) is 8.19. The molecule has 41 heavy (non-hydrogen) atoms. The van der Waals surface area contributed by atoms with E-state index < -0.39 is 6.10 Å². The SMILES string of the molecule is CC(C)C(=O)N1CCC(c2cc(-c3ccc(NC(=O)C4=CN(C(C)C)C=C(Br)C4O)cc3)c3c(N)ncnn23)CC1. The van der Waals surface area contributed by atoms with Gasteiger partial charge in [0.25, 0.3) is 5.91 Å². The summed E-state index contributed by atoms with van der Waals surface area (Å²) in [5, 5.41) is 18.0. The molecular weight excluding hydrogens is 586 g/mol. The van der Waals surface area contributed by atoms with E-state index in [9.17, 15) is 14.7 Å². The van der Waals surface area contributed by atoms with Gasteiger partial charge < -0.3 is 26.0 Å². The number of fused-ring (bicyclic) bond motifs is 1. The summed E-state index contributed by atoms with van der Waals surface area (Å²) in [5.41, 5.74) is 10.8. The maximum Gasteiger partial charge on any atom is 0.256 e. The molecule has 2 aromatic heterocycles. The van der Waals surface area contributed by atoms with Crippen LogP contribution in [-0.2, 0) is 9.59 Å². The molecule has 10 nitrogen and oxygen atoms in total. The number of aromatic nitrogens is 3. The molecule has 0 aliphatic carbocycles. The van der Waals surface area contributed by atoms with Crippen LogP contribution in [0.4, 0.5) is 11.5 Å². The Hall–Kier alpha value is -3.70. The number of carbonyl (C=O) groups excluding carboxylic acids is 2. The first kappa shape index (κ1) is 28.8. The Bertz CT molecular complexity index is 1520. The van der Waals surface area contributed by atoms with Crippen molar-refractivity contribution in [3.63, 3.8) is 0 Å². The van der Waals surface area contributed by atoms with E-state index in [1.54, 1.807) is 12.4 Å². The number of carbonyl (C=O) groups is 2. The maximum absolute atomic E-state index is 13.1. The lowest BCUT2D eigenvalue weighted by molar-refractivity contribution is -0.135. The number of piperidine rings is 1. The molecule has 0 spiro atoms. The average Bonchev–Trinajstić information content (AvgIpc) is 3.35.